The predicted molar refractivity (Wildman–Crippen MR) is 86.1 cm³/mol. The molecule has 0 aromatic carbocycles. The van der Waals surface area contributed by atoms with E-state index in [0.717, 1.165) is 21.9 Å². The Kier molecular flexibility index (Phi) is 3.96. The number of rotatable bonds is 3. The van der Waals surface area contributed by atoms with Crippen LogP contribution >= 0.6 is 22.6 Å². The van der Waals surface area contributed by atoms with Gasteiger partial charge in [-0.3, -0.25) is 0 Å². The van der Waals surface area contributed by atoms with Gasteiger partial charge in [0.25, 0.3) is 0 Å². The van der Waals surface area contributed by atoms with Gasteiger partial charge in [-0.05, 0) is 53.5 Å². The Morgan fingerprint density at radius 2 is 2.11 bits per heavy atom. The molecule has 0 radical (unpaired) electrons. The van der Waals surface area contributed by atoms with Gasteiger partial charge in [0.2, 0.25) is 0 Å². The summed E-state index contributed by atoms with van der Waals surface area (Å²) in [5.41, 5.74) is 2.34. The molecule has 0 saturated heterocycles. The second-order valence-electron chi connectivity index (χ2n) is 5.54. The van der Waals surface area contributed by atoms with Crippen LogP contribution in [0.15, 0.2) is 17.2 Å². The van der Waals surface area contributed by atoms with Crippen molar-refractivity contribution in [3.8, 4) is 0 Å². The molecule has 0 bridgehead atoms. The molecule has 1 atom stereocenters. The zero-order valence-electron chi connectivity index (χ0n) is 11.2. The number of pyridine rings is 1. The van der Waals surface area contributed by atoms with Gasteiger partial charge in [0, 0.05) is 17.2 Å². The molecular weight excluding hydrogens is 349 g/mol. The van der Waals surface area contributed by atoms with Crippen molar-refractivity contribution < 1.29 is 4.68 Å². The Morgan fingerprint density at radius 1 is 1.32 bits per heavy atom. The van der Waals surface area contributed by atoms with E-state index in [4.69, 9.17) is 0 Å². The maximum absolute atomic E-state index is 4.54. The van der Waals surface area contributed by atoms with Crippen LogP contribution in [-0.4, -0.2) is 28.6 Å². The van der Waals surface area contributed by atoms with Crippen molar-refractivity contribution in [2.75, 3.05) is 6.54 Å². The minimum atomic E-state index is 0.293. The lowest BCUT2D eigenvalue weighted by Crippen LogP contribution is -2.14. The highest BCUT2D eigenvalue weighted by molar-refractivity contribution is 14.1. The zero-order chi connectivity index (χ0) is 13.2. The number of hydrazone groups is 1. The highest BCUT2D eigenvalue weighted by Crippen LogP contribution is 2.26. The van der Waals surface area contributed by atoms with Crippen molar-refractivity contribution in [1.29, 1.82) is 0 Å². The van der Waals surface area contributed by atoms with E-state index in [1.165, 1.54) is 31.2 Å². The fourth-order valence-electron chi connectivity index (χ4n) is 2.93. The summed E-state index contributed by atoms with van der Waals surface area (Å²) in [4.78, 5) is 4.53. The first-order chi connectivity index (χ1) is 9.22. The number of nitrogens with zero attached hydrogens (tertiary/aromatic N) is 3. The van der Waals surface area contributed by atoms with Gasteiger partial charge in [0.1, 0.15) is 9.62 Å². The summed E-state index contributed by atoms with van der Waals surface area (Å²) in [5, 5.41) is 4.54. The van der Waals surface area contributed by atoms with E-state index in [9.17, 15) is 0 Å². The second-order valence-corrected chi connectivity index (χ2v) is 6.57. The van der Waals surface area contributed by atoms with Crippen molar-refractivity contribution in [3.63, 3.8) is 0 Å². The summed E-state index contributed by atoms with van der Waals surface area (Å²) in [7, 11) is 0. The van der Waals surface area contributed by atoms with Gasteiger partial charge in [0.15, 0.2) is 12.8 Å². The van der Waals surface area contributed by atoms with E-state index in [0.29, 0.717) is 5.92 Å². The van der Waals surface area contributed by atoms with Gasteiger partial charge in [-0.15, -0.1) is 0 Å². The average molecular weight is 368 g/mol. The van der Waals surface area contributed by atoms with E-state index >= 15 is 0 Å². The van der Waals surface area contributed by atoms with Crippen LogP contribution in [0.25, 0.3) is 0 Å². The summed E-state index contributed by atoms with van der Waals surface area (Å²) in [6.07, 6.45) is 9.81. The molecule has 2 aliphatic rings. The van der Waals surface area contributed by atoms with Gasteiger partial charge in [-0.2, -0.15) is 0 Å². The number of hydrogen-bond donors (Lipinski definition) is 0. The lowest BCUT2D eigenvalue weighted by atomic mass is 10.0. The first-order valence-electron chi connectivity index (χ1n) is 7.01. The average Bonchev–Trinajstić information content (AvgIpc) is 3.01. The molecule has 2 heterocycles. The molecule has 19 heavy (non-hydrogen) atoms. The third-order valence-corrected chi connectivity index (χ3v) is 4.87. The molecule has 1 aromatic heterocycles. The molecule has 4 heteroatoms. The second kappa shape index (κ2) is 5.69. The third-order valence-electron chi connectivity index (χ3n) is 4.00. The lowest BCUT2D eigenvalue weighted by molar-refractivity contribution is -0.532. The highest BCUT2D eigenvalue weighted by Gasteiger charge is 2.26. The van der Waals surface area contributed by atoms with E-state index in [1.807, 2.05) is 13.1 Å². The Morgan fingerprint density at radius 3 is 2.84 bits per heavy atom. The first kappa shape index (κ1) is 13.2. The summed E-state index contributed by atoms with van der Waals surface area (Å²) in [6.45, 7) is 3.12. The third kappa shape index (κ3) is 3.04. The van der Waals surface area contributed by atoms with Gasteiger partial charge in [-0.25, -0.2) is 4.98 Å². The van der Waals surface area contributed by atoms with E-state index < -0.39 is 0 Å². The van der Waals surface area contributed by atoms with Crippen molar-refractivity contribution >= 4 is 35.0 Å². The first-order valence-corrected chi connectivity index (χ1v) is 8.09. The summed E-state index contributed by atoms with van der Waals surface area (Å²) >= 11 is 2.32. The molecule has 100 valence electrons. The van der Waals surface area contributed by atoms with Gasteiger partial charge in [-0.1, -0.05) is 23.6 Å². The van der Waals surface area contributed by atoms with Crippen molar-refractivity contribution in [2.24, 2.45) is 11.0 Å². The Labute approximate surface area is 128 Å². The topological polar surface area (TPSA) is 28.3 Å². The van der Waals surface area contributed by atoms with Gasteiger partial charge in [0.05, 0.1) is 6.21 Å². The number of hydrogen-bond acceptors (Lipinski definition) is 2. The minimum Gasteiger partial charge on any atom is -0.247 e. The molecule has 3 rings (SSSR count). The fraction of sp³-hybridized carbons (Fsp3) is 0.533. The molecule has 0 amide bonds. The van der Waals surface area contributed by atoms with E-state index in [-0.39, 0.29) is 0 Å². The zero-order valence-corrected chi connectivity index (χ0v) is 13.4. The minimum absolute atomic E-state index is 0.293. The van der Waals surface area contributed by atoms with Crippen LogP contribution in [0, 0.1) is 16.5 Å². The molecule has 1 aromatic rings. The largest absolute Gasteiger partial charge is 0.247 e. The summed E-state index contributed by atoms with van der Waals surface area (Å²) < 4.78 is 3.23. The molecule has 0 spiro atoms. The van der Waals surface area contributed by atoms with Gasteiger partial charge < -0.3 is 0 Å². The van der Waals surface area contributed by atoms with Crippen LogP contribution in [0.5, 0.6) is 0 Å². The fourth-order valence-corrected chi connectivity index (χ4v) is 3.85. The summed E-state index contributed by atoms with van der Waals surface area (Å²) in [5.74, 6) is 1.13. The molecule has 1 aliphatic carbocycles. The van der Waals surface area contributed by atoms with Crippen LogP contribution in [0.2, 0.25) is 0 Å². The van der Waals surface area contributed by atoms with Crippen molar-refractivity contribution in [3.05, 3.63) is 27.1 Å². The molecule has 1 saturated carbocycles. The SMILES string of the molecule is Cc1ccc(C2C=N[N+](CC3CCCC3)=C2)c(I)n1. The van der Waals surface area contributed by atoms with Crippen molar-refractivity contribution in [2.45, 2.75) is 38.5 Å². The van der Waals surface area contributed by atoms with E-state index in [2.05, 4.69) is 55.7 Å². The van der Waals surface area contributed by atoms with E-state index in [1.54, 1.807) is 0 Å². The normalized spacial score (nSPS) is 23.1. The molecule has 1 aliphatic heterocycles. The highest BCUT2D eigenvalue weighted by atomic mass is 127. The molecule has 3 nitrogen and oxygen atoms in total. The number of halogens is 1. The van der Waals surface area contributed by atoms with Gasteiger partial charge >= 0.3 is 0 Å². The van der Waals surface area contributed by atoms with Crippen LogP contribution in [-0.2, 0) is 0 Å². The number of aryl methyl sites for hydroxylation is 1. The maximum Gasteiger partial charge on any atom is 0.186 e. The Hall–Kier alpha value is -0.780. The van der Waals surface area contributed by atoms with Crippen LogP contribution in [0.3, 0.4) is 0 Å². The quantitative estimate of drug-likeness (QED) is 0.457. The monoisotopic (exact) mass is 368 g/mol. The molecule has 1 fully saturated rings. The smallest absolute Gasteiger partial charge is 0.186 e. The van der Waals surface area contributed by atoms with Crippen LogP contribution in [0.1, 0.15) is 42.9 Å². The lowest BCUT2D eigenvalue weighted by Gasteiger charge is -2.04. The number of aromatic nitrogens is 1. The predicted octanol–water partition coefficient (Wildman–Crippen LogP) is 3.35. The maximum atomic E-state index is 4.54. The standard InChI is InChI=1S/C15H19IN3/c1-11-6-7-14(15(16)18-11)13-8-17-19(10-13)9-12-4-2-3-5-12/h6-8,10,12-13H,2-5,9H2,1H3/q+1. The molecule has 0 N–H and O–H groups in total. The molecule has 1 unspecified atom stereocenters. The van der Waals surface area contributed by atoms with Crippen LogP contribution < -0.4 is 0 Å². The van der Waals surface area contributed by atoms with Crippen molar-refractivity contribution in [1.82, 2.24) is 4.98 Å². The summed E-state index contributed by atoms with van der Waals surface area (Å²) in [6, 6.07) is 4.26. The Bertz CT molecular complexity index is 530. The molecular formula is C15H19IN3+. The van der Waals surface area contributed by atoms with Crippen LogP contribution in [0.4, 0.5) is 0 Å². The Balaban J connectivity index is 1.73.